The number of pyridine rings is 1. The molecule has 0 aliphatic heterocycles. The van der Waals surface area contributed by atoms with Gasteiger partial charge in [-0.3, -0.25) is 4.98 Å². The Hall–Kier alpha value is -2.75. The number of rotatable bonds is 3. The van der Waals surface area contributed by atoms with E-state index in [1.165, 1.54) is 6.07 Å². The minimum atomic E-state index is 0.0561. The number of benzene rings is 2. The maximum Gasteiger partial charge on any atom is 0.124 e. The molecule has 3 N–H and O–H groups in total. The normalized spacial score (nSPS) is 10.6. The van der Waals surface area contributed by atoms with Gasteiger partial charge in [0.05, 0.1) is 0 Å². The van der Waals surface area contributed by atoms with E-state index >= 15 is 0 Å². The predicted octanol–water partition coefficient (Wildman–Crippen LogP) is 3.26. The topological polar surface area (TPSA) is 65.4 Å². The summed E-state index contributed by atoms with van der Waals surface area (Å²) in [6.07, 6.45) is 3.58. The lowest BCUT2D eigenvalue weighted by atomic mass is 10.1. The molecule has 1 aromatic heterocycles. The van der Waals surface area contributed by atoms with E-state index < -0.39 is 0 Å². The molecule has 2 aromatic carbocycles. The third-order valence-electron chi connectivity index (χ3n) is 3.22. The lowest BCUT2D eigenvalue weighted by Gasteiger charge is -2.10. The van der Waals surface area contributed by atoms with Gasteiger partial charge < -0.3 is 15.5 Å². The number of nitrogens with zero attached hydrogens (tertiary/aromatic N) is 1. The molecule has 0 fully saturated rings. The van der Waals surface area contributed by atoms with Crippen LogP contribution in [0.2, 0.25) is 0 Å². The quantitative estimate of drug-likeness (QED) is 0.680. The van der Waals surface area contributed by atoms with E-state index in [2.05, 4.69) is 10.3 Å². The fraction of sp³-hybridized carbons (Fsp3) is 0.0625. The molecule has 0 spiro atoms. The first-order valence-corrected chi connectivity index (χ1v) is 6.31. The van der Waals surface area contributed by atoms with Crippen LogP contribution in [0.15, 0.2) is 54.9 Å². The van der Waals surface area contributed by atoms with Crippen molar-refractivity contribution in [2.24, 2.45) is 0 Å². The molecule has 3 rings (SSSR count). The van der Waals surface area contributed by atoms with Crippen LogP contribution in [0.5, 0.6) is 11.5 Å². The number of anilines is 1. The predicted molar refractivity (Wildman–Crippen MR) is 78.8 cm³/mol. The van der Waals surface area contributed by atoms with Gasteiger partial charge in [-0.15, -0.1) is 0 Å². The van der Waals surface area contributed by atoms with E-state index in [1.807, 2.05) is 30.5 Å². The highest BCUT2D eigenvalue weighted by molar-refractivity contribution is 5.93. The Morgan fingerprint density at radius 2 is 1.95 bits per heavy atom. The van der Waals surface area contributed by atoms with Crippen molar-refractivity contribution < 1.29 is 10.2 Å². The van der Waals surface area contributed by atoms with Crippen LogP contribution in [0.3, 0.4) is 0 Å². The maximum absolute atomic E-state index is 9.77. The summed E-state index contributed by atoms with van der Waals surface area (Å²) in [5.74, 6) is 0.136. The van der Waals surface area contributed by atoms with E-state index in [0.29, 0.717) is 6.54 Å². The summed E-state index contributed by atoms with van der Waals surface area (Å²) in [6, 6.07) is 12.5. The average Bonchev–Trinajstić information content (AvgIpc) is 2.46. The van der Waals surface area contributed by atoms with Gasteiger partial charge in [-0.25, -0.2) is 0 Å². The van der Waals surface area contributed by atoms with Crippen molar-refractivity contribution in [2.45, 2.75) is 6.54 Å². The lowest BCUT2D eigenvalue weighted by Crippen LogP contribution is -2.00. The van der Waals surface area contributed by atoms with Crippen LogP contribution in [0.25, 0.3) is 10.8 Å². The number of phenolic OH excluding ortho intramolecular Hbond substituents is 2. The molecule has 4 nitrogen and oxygen atoms in total. The van der Waals surface area contributed by atoms with Crippen LogP contribution >= 0.6 is 0 Å². The van der Waals surface area contributed by atoms with Gasteiger partial charge in [-0.2, -0.15) is 0 Å². The summed E-state index contributed by atoms with van der Waals surface area (Å²) in [5.41, 5.74) is 1.69. The Balaban J connectivity index is 1.87. The first kappa shape index (κ1) is 12.3. The zero-order valence-corrected chi connectivity index (χ0v) is 10.7. The maximum atomic E-state index is 9.77. The van der Waals surface area contributed by atoms with Crippen molar-refractivity contribution in [3.8, 4) is 11.5 Å². The summed E-state index contributed by atoms with van der Waals surface area (Å²) in [4.78, 5) is 4.14. The standard InChI is InChI=1S/C16H14N2O2/c19-13-5-4-12(16(20)8-13)9-18-15-3-1-2-11-6-7-17-10-14(11)15/h1-8,10,18-20H,9H2. The third-order valence-corrected chi connectivity index (χ3v) is 3.22. The molecule has 0 aliphatic rings. The summed E-state index contributed by atoms with van der Waals surface area (Å²) in [5, 5.41) is 24.5. The average molecular weight is 266 g/mol. The van der Waals surface area contributed by atoms with Gasteiger partial charge in [-0.1, -0.05) is 12.1 Å². The Labute approximate surface area is 116 Å². The van der Waals surface area contributed by atoms with Gasteiger partial charge in [0.1, 0.15) is 11.5 Å². The molecule has 1 heterocycles. The minimum Gasteiger partial charge on any atom is -0.508 e. The highest BCUT2D eigenvalue weighted by Gasteiger charge is 2.04. The minimum absolute atomic E-state index is 0.0561. The fourth-order valence-electron chi connectivity index (χ4n) is 2.16. The van der Waals surface area contributed by atoms with Gasteiger partial charge in [0.15, 0.2) is 0 Å². The second-order valence-electron chi connectivity index (χ2n) is 4.57. The van der Waals surface area contributed by atoms with Crippen molar-refractivity contribution in [1.29, 1.82) is 0 Å². The second kappa shape index (κ2) is 5.09. The molecular formula is C16H14N2O2. The van der Waals surface area contributed by atoms with Crippen molar-refractivity contribution in [2.75, 3.05) is 5.32 Å². The molecule has 0 saturated heterocycles. The third kappa shape index (κ3) is 2.36. The first-order chi connectivity index (χ1) is 9.74. The van der Waals surface area contributed by atoms with Crippen LogP contribution in [-0.2, 0) is 6.54 Å². The molecule has 0 saturated carbocycles. The number of hydrogen-bond acceptors (Lipinski definition) is 4. The van der Waals surface area contributed by atoms with Crippen molar-refractivity contribution >= 4 is 16.5 Å². The zero-order valence-electron chi connectivity index (χ0n) is 10.7. The highest BCUT2D eigenvalue weighted by Crippen LogP contribution is 2.26. The summed E-state index contributed by atoms with van der Waals surface area (Å²) in [6.45, 7) is 0.472. The summed E-state index contributed by atoms with van der Waals surface area (Å²) >= 11 is 0. The molecule has 4 heteroatoms. The van der Waals surface area contributed by atoms with Crippen molar-refractivity contribution in [3.05, 3.63) is 60.4 Å². The monoisotopic (exact) mass is 266 g/mol. The second-order valence-corrected chi connectivity index (χ2v) is 4.57. The number of hydrogen-bond donors (Lipinski definition) is 3. The molecule has 0 bridgehead atoms. The van der Waals surface area contributed by atoms with Crippen LogP contribution < -0.4 is 5.32 Å². The smallest absolute Gasteiger partial charge is 0.124 e. The van der Waals surface area contributed by atoms with Gasteiger partial charge in [0.25, 0.3) is 0 Å². The number of phenols is 2. The fourth-order valence-corrected chi connectivity index (χ4v) is 2.16. The molecule has 0 radical (unpaired) electrons. The van der Waals surface area contributed by atoms with Crippen molar-refractivity contribution in [3.63, 3.8) is 0 Å². The Bertz CT molecular complexity index is 751. The zero-order chi connectivity index (χ0) is 13.9. The number of aromatic hydroxyl groups is 2. The van der Waals surface area contributed by atoms with E-state index in [1.54, 1.807) is 18.3 Å². The summed E-state index contributed by atoms with van der Waals surface area (Å²) < 4.78 is 0. The van der Waals surface area contributed by atoms with E-state index in [-0.39, 0.29) is 11.5 Å². The molecular weight excluding hydrogens is 252 g/mol. The van der Waals surface area contributed by atoms with Crippen LogP contribution in [0, 0.1) is 0 Å². The van der Waals surface area contributed by atoms with E-state index in [9.17, 15) is 10.2 Å². The lowest BCUT2D eigenvalue weighted by molar-refractivity contribution is 0.446. The number of fused-ring (bicyclic) bond motifs is 1. The molecule has 100 valence electrons. The van der Waals surface area contributed by atoms with Gasteiger partial charge >= 0.3 is 0 Å². The molecule has 0 amide bonds. The summed E-state index contributed by atoms with van der Waals surface area (Å²) in [7, 11) is 0. The van der Waals surface area contributed by atoms with Crippen LogP contribution in [0.4, 0.5) is 5.69 Å². The Morgan fingerprint density at radius 1 is 1.05 bits per heavy atom. The molecule has 0 atom stereocenters. The number of nitrogens with one attached hydrogen (secondary N) is 1. The van der Waals surface area contributed by atoms with Gasteiger partial charge in [0, 0.05) is 41.6 Å². The molecule has 0 unspecified atom stereocenters. The highest BCUT2D eigenvalue weighted by atomic mass is 16.3. The van der Waals surface area contributed by atoms with Gasteiger partial charge in [0.2, 0.25) is 0 Å². The SMILES string of the molecule is Oc1ccc(CNc2cccc3ccncc23)c(O)c1. The Kier molecular flexibility index (Phi) is 3.13. The van der Waals surface area contributed by atoms with E-state index in [0.717, 1.165) is 22.0 Å². The van der Waals surface area contributed by atoms with Crippen LogP contribution in [-0.4, -0.2) is 15.2 Å². The van der Waals surface area contributed by atoms with Crippen LogP contribution in [0.1, 0.15) is 5.56 Å². The Morgan fingerprint density at radius 3 is 2.80 bits per heavy atom. The van der Waals surface area contributed by atoms with Crippen molar-refractivity contribution in [1.82, 2.24) is 4.98 Å². The van der Waals surface area contributed by atoms with Gasteiger partial charge in [-0.05, 0) is 29.7 Å². The van der Waals surface area contributed by atoms with E-state index in [4.69, 9.17) is 0 Å². The first-order valence-electron chi connectivity index (χ1n) is 6.31. The molecule has 20 heavy (non-hydrogen) atoms. The largest absolute Gasteiger partial charge is 0.508 e. The molecule has 3 aromatic rings. The number of aromatic nitrogens is 1. The molecule has 0 aliphatic carbocycles.